The fourth-order valence-electron chi connectivity index (χ4n) is 4.19. The minimum Gasteiger partial charge on any atom is -0.496 e. The van der Waals surface area contributed by atoms with Crippen molar-refractivity contribution in [1.82, 2.24) is 19.8 Å². The van der Waals surface area contributed by atoms with Crippen molar-refractivity contribution in [2.75, 3.05) is 45.2 Å². The molecule has 2 heterocycles. The summed E-state index contributed by atoms with van der Waals surface area (Å²) in [6.45, 7) is 10.4. The largest absolute Gasteiger partial charge is 0.496 e. The van der Waals surface area contributed by atoms with Crippen LogP contribution in [-0.4, -0.2) is 65.6 Å². The van der Waals surface area contributed by atoms with Gasteiger partial charge in [-0.3, -0.25) is 9.80 Å². The molecule has 0 atom stereocenters. The maximum atomic E-state index is 5.48. The molecule has 1 aliphatic rings. The highest BCUT2D eigenvalue weighted by Crippen LogP contribution is 2.22. The van der Waals surface area contributed by atoms with Crippen molar-refractivity contribution in [2.45, 2.75) is 32.9 Å². The third-order valence-electron chi connectivity index (χ3n) is 6.03. The van der Waals surface area contributed by atoms with Gasteiger partial charge in [0.2, 0.25) is 0 Å². The molecule has 0 saturated carbocycles. The normalized spacial score (nSPS) is 15.5. The number of hydrogen-bond acceptors (Lipinski definition) is 6. The third kappa shape index (κ3) is 5.32. The molecule has 3 aromatic rings. The summed E-state index contributed by atoms with van der Waals surface area (Å²) in [6.07, 6.45) is 0.870. The topological polar surface area (TPSA) is 53.5 Å². The summed E-state index contributed by atoms with van der Waals surface area (Å²) in [4.78, 5) is 14.8. The van der Waals surface area contributed by atoms with E-state index in [0.717, 1.165) is 74.0 Å². The molecule has 6 nitrogen and oxygen atoms in total. The van der Waals surface area contributed by atoms with Crippen LogP contribution in [0.5, 0.6) is 5.75 Å². The molecule has 0 aliphatic carbocycles. The summed E-state index contributed by atoms with van der Waals surface area (Å²) in [5.41, 5.74) is 2.19. The average molecular weight is 420 g/mol. The van der Waals surface area contributed by atoms with Crippen LogP contribution < -0.4 is 10.1 Å². The van der Waals surface area contributed by atoms with Gasteiger partial charge in [-0.15, -0.1) is 0 Å². The van der Waals surface area contributed by atoms with Crippen LogP contribution in [0.1, 0.15) is 25.2 Å². The van der Waals surface area contributed by atoms with E-state index >= 15 is 0 Å². The van der Waals surface area contributed by atoms with Gasteiger partial charge in [0.15, 0.2) is 0 Å². The van der Waals surface area contributed by atoms with Gasteiger partial charge in [-0.2, -0.15) is 0 Å². The number of aromatic nitrogens is 2. The van der Waals surface area contributed by atoms with Gasteiger partial charge >= 0.3 is 0 Å². The van der Waals surface area contributed by atoms with E-state index in [-0.39, 0.29) is 0 Å². The molecular formula is C25H33N5O. The molecule has 0 bridgehead atoms. The van der Waals surface area contributed by atoms with Gasteiger partial charge in [0.05, 0.1) is 19.2 Å². The highest BCUT2D eigenvalue weighted by Gasteiger charge is 2.20. The fourth-order valence-corrected chi connectivity index (χ4v) is 4.19. The van der Waals surface area contributed by atoms with Gasteiger partial charge in [-0.05, 0) is 44.0 Å². The van der Waals surface area contributed by atoms with Crippen LogP contribution in [0.25, 0.3) is 10.9 Å². The molecule has 1 aliphatic heterocycles. The first-order valence-corrected chi connectivity index (χ1v) is 11.2. The molecule has 0 amide bonds. The first kappa shape index (κ1) is 21.5. The lowest BCUT2D eigenvalue weighted by atomic mass is 10.1. The highest BCUT2D eigenvalue weighted by molar-refractivity contribution is 5.88. The Hall–Kier alpha value is -2.70. The van der Waals surface area contributed by atoms with E-state index in [1.807, 2.05) is 24.3 Å². The zero-order valence-electron chi connectivity index (χ0n) is 18.8. The van der Waals surface area contributed by atoms with Crippen LogP contribution in [0.3, 0.4) is 0 Å². The number of para-hydroxylation sites is 2. The molecule has 0 radical (unpaired) electrons. The van der Waals surface area contributed by atoms with Gasteiger partial charge in [0.1, 0.15) is 17.4 Å². The number of hydrogen-bond donors (Lipinski definition) is 1. The van der Waals surface area contributed by atoms with Gasteiger partial charge < -0.3 is 10.1 Å². The third-order valence-corrected chi connectivity index (χ3v) is 6.03. The molecule has 164 valence electrons. The van der Waals surface area contributed by atoms with Crippen molar-refractivity contribution in [3.8, 4) is 5.75 Å². The number of piperazine rings is 1. The summed E-state index contributed by atoms with van der Waals surface area (Å²) < 4.78 is 5.48. The lowest BCUT2D eigenvalue weighted by Crippen LogP contribution is -2.48. The second-order valence-corrected chi connectivity index (χ2v) is 8.40. The Morgan fingerprint density at radius 2 is 1.71 bits per heavy atom. The van der Waals surface area contributed by atoms with Crippen molar-refractivity contribution in [3.63, 3.8) is 0 Å². The standard InChI is InChI=1S/C25H33N5O/c1-19(2)30-16-14-29(15-17-30)18-24-27-22-10-6-5-9-21(22)25(28-24)26-13-12-20-8-4-7-11-23(20)31-3/h4-11,19H,12-18H2,1-3H3,(H,26,27,28). The van der Waals surface area contributed by atoms with Gasteiger partial charge in [0.25, 0.3) is 0 Å². The van der Waals surface area contributed by atoms with Crippen LogP contribution in [0, 0.1) is 0 Å². The second-order valence-electron chi connectivity index (χ2n) is 8.40. The first-order valence-electron chi connectivity index (χ1n) is 11.2. The Morgan fingerprint density at radius 1 is 0.968 bits per heavy atom. The monoisotopic (exact) mass is 419 g/mol. The van der Waals surface area contributed by atoms with Crippen molar-refractivity contribution >= 4 is 16.7 Å². The lowest BCUT2D eigenvalue weighted by molar-refractivity contribution is 0.102. The number of nitrogens with one attached hydrogen (secondary N) is 1. The Balaban J connectivity index is 1.46. The maximum Gasteiger partial charge on any atom is 0.145 e. The molecule has 1 fully saturated rings. The van der Waals surface area contributed by atoms with E-state index in [1.54, 1.807) is 7.11 Å². The number of nitrogens with zero attached hydrogens (tertiary/aromatic N) is 4. The van der Waals surface area contributed by atoms with E-state index in [2.05, 4.69) is 53.2 Å². The predicted molar refractivity (Wildman–Crippen MR) is 127 cm³/mol. The molecule has 31 heavy (non-hydrogen) atoms. The SMILES string of the molecule is COc1ccccc1CCNc1nc(CN2CCN(C(C)C)CC2)nc2ccccc12. The van der Waals surface area contributed by atoms with Gasteiger partial charge in [-0.1, -0.05) is 30.3 Å². The molecule has 0 spiro atoms. The Morgan fingerprint density at radius 3 is 2.48 bits per heavy atom. The summed E-state index contributed by atoms with van der Waals surface area (Å²) in [5.74, 6) is 2.73. The molecule has 1 N–H and O–H groups in total. The molecule has 2 aromatic carbocycles. The Labute approximate surface area is 185 Å². The van der Waals surface area contributed by atoms with Crippen LogP contribution >= 0.6 is 0 Å². The second kappa shape index (κ2) is 10.1. The van der Waals surface area contributed by atoms with Crippen molar-refractivity contribution in [2.24, 2.45) is 0 Å². The molecule has 6 heteroatoms. The number of benzene rings is 2. The van der Waals surface area contributed by atoms with Crippen molar-refractivity contribution in [3.05, 3.63) is 59.9 Å². The number of fused-ring (bicyclic) bond motifs is 1. The molecule has 1 saturated heterocycles. The van der Waals surface area contributed by atoms with Crippen LogP contribution in [0.4, 0.5) is 5.82 Å². The summed E-state index contributed by atoms with van der Waals surface area (Å²) >= 11 is 0. The molecule has 1 aromatic heterocycles. The maximum absolute atomic E-state index is 5.48. The first-order chi connectivity index (χ1) is 15.1. The summed E-state index contributed by atoms with van der Waals surface area (Å²) in [7, 11) is 1.72. The number of rotatable bonds is 8. The Bertz CT molecular complexity index is 998. The number of ether oxygens (including phenoxy) is 1. The summed E-state index contributed by atoms with van der Waals surface area (Å²) in [5, 5.41) is 4.62. The quantitative estimate of drug-likeness (QED) is 0.599. The van der Waals surface area contributed by atoms with Crippen LogP contribution in [-0.2, 0) is 13.0 Å². The van der Waals surface area contributed by atoms with E-state index in [9.17, 15) is 0 Å². The smallest absolute Gasteiger partial charge is 0.145 e. The number of anilines is 1. The minimum atomic E-state index is 0.609. The summed E-state index contributed by atoms with van der Waals surface area (Å²) in [6, 6.07) is 17.0. The molecule has 0 unspecified atom stereocenters. The Kier molecular flexibility index (Phi) is 6.99. The van der Waals surface area contributed by atoms with Gasteiger partial charge in [0, 0.05) is 44.2 Å². The van der Waals surface area contributed by atoms with E-state index in [1.165, 1.54) is 5.56 Å². The van der Waals surface area contributed by atoms with E-state index < -0.39 is 0 Å². The van der Waals surface area contributed by atoms with E-state index in [4.69, 9.17) is 14.7 Å². The minimum absolute atomic E-state index is 0.609. The fraction of sp³-hybridized carbons (Fsp3) is 0.440. The lowest BCUT2D eigenvalue weighted by Gasteiger charge is -2.36. The van der Waals surface area contributed by atoms with Gasteiger partial charge in [-0.25, -0.2) is 9.97 Å². The van der Waals surface area contributed by atoms with Crippen molar-refractivity contribution < 1.29 is 4.74 Å². The van der Waals surface area contributed by atoms with E-state index in [0.29, 0.717) is 6.04 Å². The number of methoxy groups -OCH3 is 1. The van der Waals surface area contributed by atoms with Crippen LogP contribution in [0.15, 0.2) is 48.5 Å². The van der Waals surface area contributed by atoms with Crippen molar-refractivity contribution in [1.29, 1.82) is 0 Å². The van der Waals surface area contributed by atoms with Crippen LogP contribution in [0.2, 0.25) is 0 Å². The predicted octanol–water partition coefficient (Wildman–Crippen LogP) is 3.82. The highest BCUT2D eigenvalue weighted by atomic mass is 16.5. The zero-order valence-corrected chi connectivity index (χ0v) is 18.8. The molecular weight excluding hydrogens is 386 g/mol. The zero-order chi connectivity index (χ0) is 21.6. The molecule has 4 rings (SSSR count). The average Bonchev–Trinajstić information content (AvgIpc) is 2.79.